The summed E-state index contributed by atoms with van der Waals surface area (Å²) in [5, 5.41) is 17.7. The van der Waals surface area contributed by atoms with Crippen molar-refractivity contribution in [3.05, 3.63) is 145 Å². The van der Waals surface area contributed by atoms with E-state index in [0.29, 0.717) is 44.6 Å². The molecular weight excluding hydrogens is 675 g/mol. The van der Waals surface area contributed by atoms with Crippen molar-refractivity contribution in [1.29, 1.82) is 0 Å². The summed E-state index contributed by atoms with van der Waals surface area (Å²) in [6.07, 6.45) is -3.18. The second-order valence-corrected chi connectivity index (χ2v) is 11.7. The number of furan rings is 1. The lowest BCUT2D eigenvalue weighted by atomic mass is 10.2. The maximum Gasteiger partial charge on any atom is 0.416 e. The Morgan fingerprint density at radius 1 is 0.980 bits per heavy atom. The van der Waals surface area contributed by atoms with Crippen LogP contribution in [0.1, 0.15) is 22.5 Å². The van der Waals surface area contributed by atoms with Crippen LogP contribution in [0, 0.1) is 24.0 Å². The molecular formula is C36H23ClF3N5O5. The Hall–Kier alpha value is -6.21. The van der Waals surface area contributed by atoms with Crippen LogP contribution < -0.4 is 10.3 Å². The predicted octanol–water partition coefficient (Wildman–Crippen LogP) is 9.47. The number of halogens is 4. The third kappa shape index (κ3) is 5.98. The van der Waals surface area contributed by atoms with Crippen molar-refractivity contribution in [2.45, 2.75) is 20.0 Å². The van der Waals surface area contributed by atoms with E-state index in [-0.39, 0.29) is 17.3 Å². The van der Waals surface area contributed by atoms with Crippen molar-refractivity contribution in [3.8, 4) is 28.8 Å². The van der Waals surface area contributed by atoms with Gasteiger partial charge in [-0.25, -0.2) is 4.98 Å². The average molecular weight is 698 g/mol. The first-order chi connectivity index (χ1) is 23.9. The van der Waals surface area contributed by atoms with Gasteiger partial charge in [-0.15, -0.1) is 0 Å². The van der Waals surface area contributed by atoms with Crippen LogP contribution in [0.3, 0.4) is 0 Å². The fraction of sp³-hybridized carbons (Fsp3) is 0.0833. The zero-order valence-corrected chi connectivity index (χ0v) is 26.9. The molecule has 250 valence electrons. The van der Waals surface area contributed by atoms with Crippen LogP contribution in [-0.4, -0.2) is 25.4 Å². The number of nitrogens with zero attached hydrogens (tertiary/aromatic N) is 5. The first kappa shape index (κ1) is 32.3. The minimum Gasteiger partial charge on any atom is -0.453 e. The summed E-state index contributed by atoms with van der Waals surface area (Å²) in [6, 6.07) is 24.4. The number of benzene rings is 4. The zero-order chi connectivity index (χ0) is 35.3. The number of hydrogen-bond donors (Lipinski definition) is 0. The summed E-state index contributed by atoms with van der Waals surface area (Å²) in [5.41, 5.74) is 1.72. The number of alkyl halides is 3. The number of rotatable bonds is 7. The molecule has 0 fully saturated rings. The van der Waals surface area contributed by atoms with Gasteiger partial charge in [-0.2, -0.15) is 22.9 Å². The number of aromatic nitrogens is 3. The molecule has 7 aromatic rings. The number of fused-ring (bicyclic) bond motifs is 2. The molecule has 0 saturated carbocycles. The summed E-state index contributed by atoms with van der Waals surface area (Å²) in [5.74, 6) is 0.392. The lowest BCUT2D eigenvalue weighted by molar-refractivity contribution is -0.385. The topological polar surface area (TPSA) is 118 Å². The normalized spacial score (nSPS) is 12.0. The Bertz CT molecular complexity index is 2550. The van der Waals surface area contributed by atoms with E-state index in [4.69, 9.17) is 25.7 Å². The third-order valence-corrected chi connectivity index (χ3v) is 8.28. The van der Waals surface area contributed by atoms with Crippen LogP contribution in [0.4, 0.5) is 18.9 Å². The molecule has 7 rings (SSSR count). The Balaban J connectivity index is 1.21. The lowest BCUT2D eigenvalue weighted by Gasteiger charge is -2.12. The third-order valence-electron chi connectivity index (χ3n) is 8.04. The summed E-state index contributed by atoms with van der Waals surface area (Å²) in [4.78, 5) is 29.0. The second kappa shape index (κ2) is 12.3. The SMILES string of the molecule is Cc1cc(C=Nn2c(-c3cc4cc(Cl)ccc4o3)nc3ccccc3c2=O)c(C)n1-c1ccc(Oc2ccc(C(F)(F)F)cc2[N+](=O)[O-])cc1. The predicted molar refractivity (Wildman–Crippen MR) is 183 cm³/mol. The van der Waals surface area contributed by atoms with Crippen molar-refractivity contribution in [2.75, 3.05) is 0 Å². The largest absolute Gasteiger partial charge is 0.453 e. The Morgan fingerprint density at radius 2 is 1.74 bits per heavy atom. The van der Waals surface area contributed by atoms with E-state index >= 15 is 0 Å². The molecule has 0 atom stereocenters. The summed E-state index contributed by atoms with van der Waals surface area (Å²) < 4.78 is 54.1. The summed E-state index contributed by atoms with van der Waals surface area (Å²) in [6.45, 7) is 3.75. The lowest BCUT2D eigenvalue weighted by Crippen LogP contribution is -2.20. The number of para-hydroxylation sites is 1. The van der Waals surface area contributed by atoms with Crippen LogP contribution in [-0.2, 0) is 6.18 Å². The molecule has 0 aliphatic heterocycles. The van der Waals surface area contributed by atoms with Crippen molar-refractivity contribution in [2.24, 2.45) is 5.10 Å². The van der Waals surface area contributed by atoms with Crippen LogP contribution in [0.25, 0.3) is 39.1 Å². The maximum absolute atomic E-state index is 13.7. The molecule has 14 heteroatoms. The average Bonchev–Trinajstić information content (AvgIpc) is 3.63. The number of ether oxygens (including phenoxy) is 1. The van der Waals surface area contributed by atoms with E-state index in [0.717, 1.165) is 28.9 Å². The van der Waals surface area contributed by atoms with Gasteiger partial charge in [-0.05, 0) is 92.7 Å². The maximum atomic E-state index is 13.7. The highest BCUT2D eigenvalue weighted by atomic mass is 35.5. The van der Waals surface area contributed by atoms with Crippen LogP contribution in [0.5, 0.6) is 11.5 Å². The molecule has 0 amide bonds. The quantitative estimate of drug-likeness (QED) is 0.0930. The summed E-state index contributed by atoms with van der Waals surface area (Å²) in [7, 11) is 0. The first-order valence-electron chi connectivity index (χ1n) is 15.0. The van der Waals surface area contributed by atoms with Gasteiger partial charge in [-0.3, -0.25) is 14.9 Å². The highest BCUT2D eigenvalue weighted by molar-refractivity contribution is 6.31. The molecule has 50 heavy (non-hydrogen) atoms. The number of nitro benzene ring substituents is 1. The van der Waals surface area contributed by atoms with E-state index in [2.05, 4.69) is 5.10 Å². The molecule has 4 aromatic carbocycles. The van der Waals surface area contributed by atoms with Crippen LogP contribution in [0.15, 0.2) is 111 Å². The van der Waals surface area contributed by atoms with Crippen molar-refractivity contribution < 1.29 is 27.2 Å². The van der Waals surface area contributed by atoms with Gasteiger partial charge in [0, 0.05) is 39.1 Å². The standard InChI is InChI=1S/C36H23ClF3N5O5/c1-20-15-23(21(2)43(20)26-9-11-27(12-10-26)49-32-13-7-24(36(38,39)40)18-30(32)45(47)48)19-41-44-34(42-29-6-4-3-5-28(29)35(44)46)33-17-22-16-25(37)8-14-31(22)50-33/h3-19H,1-2H3. The molecule has 10 nitrogen and oxygen atoms in total. The van der Waals surface area contributed by atoms with E-state index in [1.807, 2.05) is 24.5 Å². The number of hydrogen-bond acceptors (Lipinski definition) is 7. The van der Waals surface area contributed by atoms with Gasteiger partial charge < -0.3 is 13.7 Å². The molecule has 0 radical (unpaired) electrons. The number of aryl methyl sites for hydroxylation is 1. The molecule has 3 aromatic heterocycles. The molecule has 3 heterocycles. The highest BCUT2D eigenvalue weighted by Crippen LogP contribution is 2.38. The first-order valence-corrected chi connectivity index (χ1v) is 15.3. The van der Waals surface area contributed by atoms with E-state index in [1.54, 1.807) is 79.0 Å². The van der Waals surface area contributed by atoms with Gasteiger partial charge in [0.25, 0.3) is 5.56 Å². The van der Waals surface area contributed by atoms with Gasteiger partial charge in [0.15, 0.2) is 5.76 Å². The Kier molecular flexibility index (Phi) is 7.99. The molecule has 0 bridgehead atoms. The monoisotopic (exact) mass is 697 g/mol. The van der Waals surface area contributed by atoms with Gasteiger partial charge >= 0.3 is 11.9 Å². The Labute approximate surface area is 285 Å². The molecule has 0 saturated heterocycles. The summed E-state index contributed by atoms with van der Waals surface area (Å²) >= 11 is 6.18. The van der Waals surface area contributed by atoms with Crippen molar-refractivity contribution in [1.82, 2.24) is 14.2 Å². The molecule has 0 unspecified atom stereocenters. The highest BCUT2D eigenvalue weighted by Gasteiger charge is 2.33. The van der Waals surface area contributed by atoms with Crippen LogP contribution in [0.2, 0.25) is 5.02 Å². The van der Waals surface area contributed by atoms with Crippen molar-refractivity contribution >= 4 is 45.4 Å². The fourth-order valence-corrected chi connectivity index (χ4v) is 5.84. The number of nitro groups is 1. The molecule has 0 aliphatic carbocycles. The van der Waals surface area contributed by atoms with Gasteiger partial charge in [-0.1, -0.05) is 23.7 Å². The van der Waals surface area contributed by atoms with Crippen LogP contribution >= 0.6 is 11.6 Å². The smallest absolute Gasteiger partial charge is 0.416 e. The fourth-order valence-electron chi connectivity index (χ4n) is 5.66. The Morgan fingerprint density at radius 3 is 2.48 bits per heavy atom. The molecule has 0 N–H and O–H groups in total. The molecule has 0 aliphatic rings. The minimum atomic E-state index is -4.74. The van der Waals surface area contributed by atoms with Gasteiger partial charge in [0.2, 0.25) is 11.6 Å². The molecule has 0 spiro atoms. The second-order valence-electron chi connectivity index (χ2n) is 11.3. The van der Waals surface area contributed by atoms with Gasteiger partial charge in [0.05, 0.1) is 27.6 Å². The van der Waals surface area contributed by atoms with Gasteiger partial charge in [0.1, 0.15) is 11.3 Å². The van der Waals surface area contributed by atoms with E-state index in [9.17, 15) is 28.1 Å². The van der Waals surface area contributed by atoms with E-state index in [1.165, 1.54) is 4.68 Å². The van der Waals surface area contributed by atoms with E-state index < -0.39 is 27.9 Å². The minimum absolute atomic E-state index is 0.185. The zero-order valence-electron chi connectivity index (χ0n) is 26.1. The van der Waals surface area contributed by atoms with Crippen molar-refractivity contribution in [3.63, 3.8) is 0 Å².